The summed E-state index contributed by atoms with van der Waals surface area (Å²) in [6.45, 7) is 3.29. The minimum absolute atomic E-state index is 0.0522. The molecule has 1 saturated heterocycles. The number of nitrogens with zero attached hydrogens (tertiary/aromatic N) is 2. The SMILES string of the molecule is C#CC1C=C(NC)N=CC1.O=Cc1ccc(CN2CCNCC2)c(C(F)(F)F)c1. The Morgan fingerprint density at radius 2 is 2.10 bits per heavy atom. The lowest BCUT2D eigenvalue weighted by Crippen LogP contribution is -2.43. The molecule has 156 valence electrons. The van der Waals surface area contributed by atoms with Crippen molar-refractivity contribution in [2.24, 2.45) is 10.9 Å². The van der Waals surface area contributed by atoms with Gasteiger partial charge in [0.25, 0.3) is 0 Å². The van der Waals surface area contributed by atoms with Crippen molar-refractivity contribution in [2.45, 2.75) is 19.1 Å². The third-order valence-corrected chi connectivity index (χ3v) is 4.60. The van der Waals surface area contributed by atoms with Gasteiger partial charge in [-0.15, -0.1) is 6.42 Å². The maximum absolute atomic E-state index is 13.0. The lowest BCUT2D eigenvalue weighted by atomic mass is 10.0. The number of rotatable bonds is 4. The topological polar surface area (TPSA) is 56.7 Å². The van der Waals surface area contributed by atoms with E-state index in [2.05, 4.69) is 21.5 Å². The van der Waals surface area contributed by atoms with Crippen LogP contribution in [0.5, 0.6) is 0 Å². The molecule has 0 aromatic heterocycles. The Morgan fingerprint density at radius 3 is 2.69 bits per heavy atom. The largest absolute Gasteiger partial charge is 0.416 e. The third-order valence-electron chi connectivity index (χ3n) is 4.60. The maximum Gasteiger partial charge on any atom is 0.416 e. The summed E-state index contributed by atoms with van der Waals surface area (Å²) in [4.78, 5) is 16.7. The highest BCUT2D eigenvalue weighted by Crippen LogP contribution is 2.33. The molecule has 8 heteroatoms. The molecule has 2 heterocycles. The maximum atomic E-state index is 13.0. The van der Waals surface area contributed by atoms with E-state index in [1.54, 1.807) is 0 Å². The van der Waals surface area contributed by atoms with Gasteiger partial charge in [0.2, 0.25) is 0 Å². The first-order valence-corrected chi connectivity index (χ1v) is 9.34. The van der Waals surface area contributed by atoms with Gasteiger partial charge in [0, 0.05) is 63.9 Å². The molecular weight excluding hydrogens is 381 g/mol. The van der Waals surface area contributed by atoms with E-state index in [0.717, 1.165) is 44.5 Å². The fraction of sp³-hybridized carbons (Fsp3) is 0.429. The first-order chi connectivity index (χ1) is 13.9. The first-order valence-electron chi connectivity index (χ1n) is 9.34. The second-order valence-corrected chi connectivity index (χ2v) is 6.68. The number of halogens is 3. The van der Waals surface area contributed by atoms with E-state index in [0.29, 0.717) is 6.29 Å². The minimum Gasteiger partial charge on any atom is -0.373 e. The quantitative estimate of drug-likeness (QED) is 0.596. The molecule has 0 saturated carbocycles. The van der Waals surface area contributed by atoms with Crippen LogP contribution >= 0.6 is 0 Å². The number of carbonyl (C=O) groups excluding carboxylic acids is 1. The number of nitrogens with one attached hydrogen (secondary N) is 2. The van der Waals surface area contributed by atoms with Gasteiger partial charge < -0.3 is 10.6 Å². The number of hydrogen-bond donors (Lipinski definition) is 2. The normalized spacial score (nSPS) is 19.4. The van der Waals surface area contributed by atoms with Crippen LogP contribution in [0.15, 0.2) is 35.1 Å². The van der Waals surface area contributed by atoms with Crippen molar-refractivity contribution >= 4 is 12.5 Å². The lowest BCUT2D eigenvalue weighted by Gasteiger charge is -2.28. The van der Waals surface area contributed by atoms with Crippen LogP contribution in [0.1, 0.15) is 27.9 Å². The van der Waals surface area contributed by atoms with Crippen LogP contribution in [0.25, 0.3) is 0 Å². The Bertz CT molecular complexity index is 790. The van der Waals surface area contributed by atoms with Crippen LogP contribution in [-0.2, 0) is 12.7 Å². The molecule has 5 nitrogen and oxygen atoms in total. The highest BCUT2D eigenvalue weighted by molar-refractivity contribution is 5.75. The summed E-state index contributed by atoms with van der Waals surface area (Å²) < 4.78 is 38.9. The van der Waals surface area contributed by atoms with Crippen LogP contribution in [0.3, 0.4) is 0 Å². The number of allylic oxidation sites excluding steroid dienone is 1. The summed E-state index contributed by atoms with van der Waals surface area (Å²) in [5, 5.41) is 6.09. The van der Waals surface area contributed by atoms with Crippen LogP contribution in [0.2, 0.25) is 0 Å². The Morgan fingerprint density at radius 1 is 1.38 bits per heavy atom. The van der Waals surface area contributed by atoms with Gasteiger partial charge in [-0.1, -0.05) is 18.1 Å². The van der Waals surface area contributed by atoms with Crippen molar-refractivity contribution in [2.75, 3.05) is 33.2 Å². The first kappa shape index (κ1) is 22.7. The highest BCUT2D eigenvalue weighted by atomic mass is 19.4. The van der Waals surface area contributed by atoms with Crippen molar-refractivity contribution in [1.29, 1.82) is 0 Å². The summed E-state index contributed by atoms with van der Waals surface area (Å²) in [6.07, 6.45) is 5.91. The fourth-order valence-electron chi connectivity index (χ4n) is 3.01. The van der Waals surface area contributed by atoms with Gasteiger partial charge in [0.05, 0.1) is 5.56 Å². The molecule has 1 unspecified atom stereocenters. The Balaban J connectivity index is 0.000000253. The summed E-state index contributed by atoms with van der Waals surface area (Å²) in [5.74, 6) is 3.75. The van der Waals surface area contributed by atoms with Crippen molar-refractivity contribution in [3.05, 3.63) is 46.8 Å². The van der Waals surface area contributed by atoms with Gasteiger partial charge in [-0.05, 0) is 17.7 Å². The van der Waals surface area contributed by atoms with E-state index < -0.39 is 11.7 Å². The van der Waals surface area contributed by atoms with E-state index in [-0.39, 0.29) is 23.6 Å². The zero-order valence-corrected chi connectivity index (χ0v) is 16.3. The highest BCUT2D eigenvalue weighted by Gasteiger charge is 2.34. The molecule has 3 rings (SSSR count). The number of carbonyl (C=O) groups is 1. The Labute approximate surface area is 169 Å². The van der Waals surface area contributed by atoms with Crippen molar-refractivity contribution < 1.29 is 18.0 Å². The minimum atomic E-state index is -4.43. The molecule has 0 amide bonds. The number of piperazine rings is 1. The van der Waals surface area contributed by atoms with Crippen LogP contribution in [-0.4, -0.2) is 50.6 Å². The van der Waals surface area contributed by atoms with Gasteiger partial charge in [0.15, 0.2) is 0 Å². The second kappa shape index (κ2) is 10.8. The van der Waals surface area contributed by atoms with Gasteiger partial charge >= 0.3 is 6.18 Å². The van der Waals surface area contributed by atoms with E-state index >= 15 is 0 Å². The van der Waals surface area contributed by atoms with Gasteiger partial charge in [-0.2, -0.15) is 13.2 Å². The molecular formula is C21H25F3N4O. The zero-order chi connectivity index (χ0) is 21.3. The molecule has 0 spiro atoms. The van der Waals surface area contributed by atoms with Crippen LogP contribution in [0.4, 0.5) is 13.2 Å². The molecule has 1 aromatic rings. The summed E-state index contributed by atoms with van der Waals surface area (Å²) in [7, 11) is 1.84. The number of alkyl halides is 3. The molecule has 0 bridgehead atoms. The second-order valence-electron chi connectivity index (χ2n) is 6.68. The molecule has 1 fully saturated rings. The fourth-order valence-corrected chi connectivity index (χ4v) is 3.01. The van der Waals surface area contributed by atoms with Crippen LogP contribution in [0, 0.1) is 18.3 Å². The van der Waals surface area contributed by atoms with E-state index in [1.807, 2.05) is 24.2 Å². The Hall–Kier alpha value is -2.63. The molecule has 2 aliphatic rings. The summed E-state index contributed by atoms with van der Waals surface area (Å²) in [6, 6.07) is 3.75. The zero-order valence-electron chi connectivity index (χ0n) is 16.3. The van der Waals surface area contributed by atoms with E-state index in [4.69, 9.17) is 6.42 Å². The van der Waals surface area contributed by atoms with Crippen molar-refractivity contribution in [3.63, 3.8) is 0 Å². The number of hydrogen-bond acceptors (Lipinski definition) is 5. The number of aliphatic imine (C=N–C) groups is 1. The average Bonchev–Trinajstić information content (AvgIpc) is 2.74. The number of terminal acetylenes is 1. The van der Waals surface area contributed by atoms with Gasteiger partial charge in [-0.3, -0.25) is 9.69 Å². The molecule has 1 aromatic carbocycles. The predicted molar refractivity (Wildman–Crippen MR) is 108 cm³/mol. The molecule has 2 aliphatic heterocycles. The number of aldehydes is 1. The smallest absolute Gasteiger partial charge is 0.373 e. The Kier molecular flexibility index (Phi) is 8.43. The third kappa shape index (κ3) is 7.04. The molecule has 0 aliphatic carbocycles. The monoisotopic (exact) mass is 406 g/mol. The van der Waals surface area contributed by atoms with Gasteiger partial charge in [0.1, 0.15) is 12.1 Å². The molecule has 29 heavy (non-hydrogen) atoms. The number of benzene rings is 1. The molecule has 2 N–H and O–H groups in total. The lowest BCUT2D eigenvalue weighted by molar-refractivity contribution is -0.138. The average molecular weight is 406 g/mol. The van der Waals surface area contributed by atoms with E-state index in [1.165, 1.54) is 12.1 Å². The predicted octanol–water partition coefficient (Wildman–Crippen LogP) is 2.69. The van der Waals surface area contributed by atoms with Gasteiger partial charge in [-0.25, -0.2) is 4.99 Å². The molecule has 0 radical (unpaired) electrons. The van der Waals surface area contributed by atoms with Crippen molar-refractivity contribution in [3.8, 4) is 12.3 Å². The van der Waals surface area contributed by atoms with Crippen molar-refractivity contribution in [1.82, 2.24) is 15.5 Å². The van der Waals surface area contributed by atoms with Crippen LogP contribution < -0.4 is 10.6 Å². The molecule has 1 atom stereocenters. The summed E-state index contributed by atoms with van der Waals surface area (Å²) >= 11 is 0. The summed E-state index contributed by atoms with van der Waals surface area (Å²) in [5.41, 5.74) is -0.438. The standard InChI is InChI=1S/C13H15F3N2O.C8H10N2/c14-13(15,16)12-7-10(9-19)1-2-11(12)8-18-5-3-17-4-6-18;1-3-7-4-5-10-8(6-7)9-2/h1-2,7,9,17H,3-6,8H2;1,5-7,9H,4H2,2H3. The van der Waals surface area contributed by atoms with E-state index in [9.17, 15) is 18.0 Å².